The Morgan fingerprint density at radius 2 is 1.85 bits per heavy atom. The van der Waals surface area contributed by atoms with Crippen LogP contribution >= 0.6 is 11.8 Å². The minimum absolute atomic E-state index is 0.00458. The third-order valence-corrected chi connectivity index (χ3v) is 4.59. The van der Waals surface area contributed by atoms with E-state index in [9.17, 15) is 9.18 Å². The number of carbonyl (C=O) groups excluding carboxylic acids is 1. The van der Waals surface area contributed by atoms with Crippen LogP contribution < -0.4 is 4.74 Å². The molecule has 0 bridgehead atoms. The second-order valence-corrected chi connectivity index (χ2v) is 6.53. The van der Waals surface area contributed by atoms with E-state index >= 15 is 0 Å². The number of thioether (sulfide) groups is 1. The Morgan fingerprint density at radius 1 is 1.12 bits per heavy atom. The maximum absolute atomic E-state index is 12.9. The van der Waals surface area contributed by atoms with Crippen molar-refractivity contribution in [3.63, 3.8) is 0 Å². The molecule has 0 spiro atoms. The number of ether oxygens (including phenoxy) is 1. The number of Topliss-reactive ketones (excluding diaryl/α,β-unsaturated/α-hetero) is 1. The molecule has 0 radical (unpaired) electrons. The van der Waals surface area contributed by atoms with Gasteiger partial charge in [0.1, 0.15) is 11.6 Å². The van der Waals surface area contributed by atoms with Gasteiger partial charge in [0.15, 0.2) is 5.78 Å². The van der Waals surface area contributed by atoms with Gasteiger partial charge in [-0.25, -0.2) is 4.39 Å². The van der Waals surface area contributed by atoms with Gasteiger partial charge in [-0.1, -0.05) is 11.8 Å². The molecule has 1 heterocycles. The van der Waals surface area contributed by atoms with Crippen LogP contribution in [-0.4, -0.2) is 28.8 Å². The van der Waals surface area contributed by atoms with Crippen molar-refractivity contribution in [2.45, 2.75) is 18.1 Å². The van der Waals surface area contributed by atoms with Crippen LogP contribution in [0.2, 0.25) is 0 Å². The molecule has 7 heteroatoms. The van der Waals surface area contributed by atoms with Gasteiger partial charge in [-0.15, -0.1) is 10.2 Å². The van der Waals surface area contributed by atoms with E-state index in [1.807, 2.05) is 24.3 Å². The van der Waals surface area contributed by atoms with Crippen LogP contribution in [0.15, 0.2) is 58.2 Å². The smallest absolute Gasteiger partial charge is 0.276 e. The topological polar surface area (TPSA) is 65.2 Å². The standard InChI is InChI=1S/C19H17FN2O3S/c1-24-16-10-6-14(7-11-16)18-21-22-19(25-18)26-12-2-3-17(23)13-4-8-15(20)9-5-13/h4-11H,2-3,12H2,1H3. The molecule has 2 aromatic carbocycles. The molecule has 0 aliphatic heterocycles. The zero-order valence-electron chi connectivity index (χ0n) is 14.1. The van der Waals surface area contributed by atoms with Crippen LogP contribution in [-0.2, 0) is 0 Å². The van der Waals surface area contributed by atoms with Crippen molar-refractivity contribution in [2.75, 3.05) is 12.9 Å². The lowest BCUT2D eigenvalue weighted by molar-refractivity contribution is 0.0982. The second kappa shape index (κ2) is 8.62. The minimum Gasteiger partial charge on any atom is -0.497 e. The molecule has 3 aromatic rings. The van der Waals surface area contributed by atoms with Gasteiger partial charge in [0.05, 0.1) is 7.11 Å². The molecule has 3 rings (SSSR count). The van der Waals surface area contributed by atoms with Crippen LogP contribution in [0.5, 0.6) is 5.75 Å². The summed E-state index contributed by atoms with van der Waals surface area (Å²) in [7, 11) is 1.61. The summed E-state index contributed by atoms with van der Waals surface area (Å²) in [5, 5.41) is 8.50. The van der Waals surface area contributed by atoms with Crippen molar-refractivity contribution < 1.29 is 18.3 Å². The Hall–Kier alpha value is -2.67. The molecule has 0 saturated heterocycles. The Balaban J connectivity index is 1.47. The van der Waals surface area contributed by atoms with E-state index < -0.39 is 0 Å². The summed E-state index contributed by atoms with van der Waals surface area (Å²) in [4.78, 5) is 12.0. The largest absolute Gasteiger partial charge is 0.497 e. The number of hydrogen-bond donors (Lipinski definition) is 0. The van der Waals surface area contributed by atoms with Crippen molar-refractivity contribution in [2.24, 2.45) is 0 Å². The number of ketones is 1. The Morgan fingerprint density at radius 3 is 2.54 bits per heavy atom. The van der Waals surface area contributed by atoms with Crippen LogP contribution in [0, 0.1) is 5.82 Å². The molecule has 5 nitrogen and oxygen atoms in total. The molecular formula is C19H17FN2O3S. The number of aromatic nitrogens is 2. The molecule has 134 valence electrons. The summed E-state index contributed by atoms with van der Waals surface area (Å²) in [5.74, 6) is 1.53. The van der Waals surface area contributed by atoms with Gasteiger partial charge in [-0.05, 0) is 55.0 Å². The maximum Gasteiger partial charge on any atom is 0.276 e. The van der Waals surface area contributed by atoms with E-state index in [2.05, 4.69) is 10.2 Å². The van der Waals surface area contributed by atoms with E-state index in [-0.39, 0.29) is 11.6 Å². The highest BCUT2D eigenvalue weighted by Crippen LogP contribution is 2.25. The van der Waals surface area contributed by atoms with Gasteiger partial charge >= 0.3 is 0 Å². The van der Waals surface area contributed by atoms with Crippen molar-refractivity contribution in [1.82, 2.24) is 10.2 Å². The summed E-state index contributed by atoms with van der Waals surface area (Å²) in [5.41, 5.74) is 1.34. The summed E-state index contributed by atoms with van der Waals surface area (Å²) in [6.45, 7) is 0. The highest BCUT2D eigenvalue weighted by molar-refractivity contribution is 7.99. The quantitative estimate of drug-likeness (QED) is 0.326. The zero-order chi connectivity index (χ0) is 18.4. The summed E-state index contributed by atoms with van der Waals surface area (Å²) < 4.78 is 23.6. The number of methoxy groups -OCH3 is 1. The first-order valence-electron chi connectivity index (χ1n) is 8.05. The highest BCUT2D eigenvalue weighted by Gasteiger charge is 2.10. The van der Waals surface area contributed by atoms with E-state index in [0.29, 0.717) is 35.3 Å². The van der Waals surface area contributed by atoms with Crippen molar-refractivity contribution >= 4 is 17.5 Å². The number of rotatable bonds is 8. The molecule has 0 N–H and O–H groups in total. The van der Waals surface area contributed by atoms with Gasteiger partial charge < -0.3 is 9.15 Å². The third-order valence-electron chi connectivity index (χ3n) is 3.68. The number of benzene rings is 2. The van der Waals surface area contributed by atoms with Crippen LogP contribution in [0.3, 0.4) is 0 Å². The number of carbonyl (C=O) groups is 1. The zero-order valence-corrected chi connectivity index (χ0v) is 15.0. The Bertz CT molecular complexity index is 863. The number of nitrogens with zero attached hydrogens (tertiary/aromatic N) is 2. The molecular weight excluding hydrogens is 355 g/mol. The molecule has 26 heavy (non-hydrogen) atoms. The summed E-state index contributed by atoms with van der Waals surface area (Å²) >= 11 is 1.41. The van der Waals surface area contributed by atoms with E-state index in [0.717, 1.165) is 11.3 Å². The second-order valence-electron chi connectivity index (χ2n) is 5.48. The predicted octanol–water partition coefficient (Wildman–Crippen LogP) is 4.64. The lowest BCUT2D eigenvalue weighted by atomic mass is 10.1. The fraction of sp³-hybridized carbons (Fsp3) is 0.211. The van der Waals surface area contributed by atoms with Gasteiger partial charge in [0, 0.05) is 23.3 Å². The van der Waals surface area contributed by atoms with Crippen molar-refractivity contribution in [3.8, 4) is 17.2 Å². The first kappa shape index (κ1) is 18.1. The monoisotopic (exact) mass is 372 g/mol. The first-order valence-corrected chi connectivity index (χ1v) is 9.04. The van der Waals surface area contributed by atoms with E-state index in [1.165, 1.54) is 36.0 Å². The molecule has 0 atom stereocenters. The summed E-state index contributed by atoms with van der Waals surface area (Å²) in [6, 6.07) is 12.9. The van der Waals surface area contributed by atoms with Gasteiger partial charge in [-0.2, -0.15) is 0 Å². The SMILES string of the molecule is COc1ccc(-c2nnc(SCCCC(=O)c3ccc(F)cc3)o2)cc1. The summed E-state index contributed by atoms with van der Waals surface area (Å²) in [6.07, 6.45) is 1.05. The fourth-order valence-electron chi connectivity index (χ4n) is 2.29. The average molecular weight is 372 g/mol. The van der Waals surface area contributed by atoms with Gasteiger partial charge in [0.2, 0.25) is 5.89 Å². The van der Waals surface area contributed by atoms with Crippen LogP contribution in [0.4, 0.5) is 4.39 Å². The van der Waals surface area contributed by atoms with E-state index in [1.54, 1.807) is 7.11 Å². The Kier molecular flexibility index (Phi) is 6.01. The van der Waals surface area contributed by atoms with Crippen molar-refractivity contribution in [1.29, 1.82) is 0 Å². The molecule has 0 amide bonds. The molecule has 0 aliphatic rings. The molecule has 0 aliphatic carbocycles. The number of halogens is 1. The minimum atomic E-state index is -0.346. The third kappa shape index (κ3) is 4.70. The van der Waals surface area contributed by atoms with Crippen LogP contribution in [0.1, 0.15) is 23.2 Å². The predicted molar refractivity (Wildman–Crippen MR) is 97.0 cm³/mol. The molecule has 0 unspecified atom stereocenters. The average Bonchev–Trinajstić information content (AvgIpc) is 3.14. The Labute approximate surface area is 154 Å². The van der Waals surface area contributed by atoms with Crippen LogP contribution in [0.25, 0.3) is 11.5 Å². The normalized spacial score (nSPS) is 10.7. The van der Waals surface area contributed by atoms with Gasteiger partial charge in [-0.3, -0.25) is 4.79 Å². The lowest BCUT2D eigenvalue weighted by Crippen LogP contribution is -1.99. The van der Waals surface area contributed by atoms with Gasteiger partial charge in [0.25, 0.3) is 5.22 Å². The molecule has 0 saturated carbocycles. The first-order chi connectivity index (χ1) is 12.7. The van der Waals surface area contributed by atoms with E-state index in [4.69, 9.17) is 9.15 Å². The highest BCUT2D eigenvalue weighted by atomic mass is 32.2. The molecule has 0 fully saturated rings. The van der Waals surface area contributed by atoms with Crippen molar-refractivity contribution in [3.05, 3.63) is 59.9 Å². The molecule has 1 aromatic heterocycles. The lowest BCUT2D eigenvalue weighted by Gasteiger charge is -2.00. The maximum atomic E-state index is 12.9. The number of hydrogen-bond acceptors (Lipinski definition) is 6. The fourth-order valence-corrected chi connectivity index (χ4v) is 2.99.